The molecule has 0 spiro atoms. The Labute approximate surface area is 118 Å². The average Bonchev–Trinajstić information content (AvgIpc) is 2.95. The molecule has 1 aromatic heterocycles. The molecule has 20 heavy (non-hydrogen) atoms. The molecule has 8 heteroatoms. The molecule has 3 rings (SSSR count). The van der Waals surface area contributed by atoms with Crippen LogP contribution in [0, 0.1) is 17.0 Å². The van der Waals surface area contributed by atoms with Gasteiger partial charge in [-0.05, 0) is 13.0 Å². The number of aryl methyl sites for hydroxylation is 1. The molecule has 2 heterocycles. The van der Waals surface area contributed by atoms with Gasteiger partial charge in [0.1, 0.15) is 11.4 Å². The Balaban J connectivity index is 2.12. The number of nitro benzene ring substituents is 1. The van der Waals surface area contributed by atoms with Crippen LogP contribution < -0.4 is 4.90 Å². The van der Waals surface area contributed by atoms with Crippen molar-refractivity contribution in [2.75, 3.05) is 4.90 Å². The predicted molar refractivity (Wildman–Crippen MR) is 71.9 cm³/mol. The number of benzene rings is 1. The van der Waals surface area contributed by atoms with Gasteiger partial charge in [0.2, 0.25) is 0 Å². The number of carbonyl (C=O) groups excluding carboxylic acids is 1. The van der Waals surface area contributed by atoms with E-state index < -0.39 is 10.8 Å². The standard InChI is InChI=1S/C12H9ClN4O3/c1-6-4-10(15-14-6)16-5-7-8(13)2-3-9(17(19)20)11(7)12(16)18/h2-4H,5H2,1H3,(H,14,15). The third kappa shape index (κ3) is 1.75. The van der Waals surface area contributed by atoms with Crippen molar-refractivity contribution in [1.82, 2.24) is 10.2 Å². The van der Waals surface area contributed by atoms with Crippen LogP contribution in [-0.2, 0) is 6.54 Å². The molecule has 0 bridgehead atoms. The molecule has 0 aliphatic carbocycles. The number of fused-ring (bicyclic) bond motifs is 1. The summed E-state index contributed by atoms with van der Waals surface area (Å²) in [6.45, 7) is 1.97. The smallest absolute Gasteiger partial charge is 0.282 e. The summed E-state index contributed by atoms with van der Waals surface area (Å²) in [7, 11) is 0. The molecule has 0 atom stereocenters. The van der Waals surface area contributed by atoms with Crippen LogP contribution in [0.1, 0.15) is 21.6 Å². The van der Waals surface area contributed by atoms with E-state index in [9.17, 15) is 14.9 Å². The summed E-state index contributed by atoms with van der Waals surface area (Å²) in [6, 6.07) is 4.39. The lowest BCUT2D eigenvalue weighted by Crippen LogP contribution is -2.23. The number of halogens is 1. The minimum absolute atomic E-state index is 0.0507. The van der Waals surface area contributed by atoms with Gasteiger partial charge in [0.05, 0.1) is 17.2 Å². The lowest BCUT2D eigenvalue weighted by molar-refractivity contribution is -0.385. The van der Waals surface area contributed by atoms with E-state index in [1.807, 2.05) is 0 Å². The quantitative estimate of drug-likeness (QED) is 0.679. The average molecular weight is 293 g/mol. The fourth-order valence-corrected chi connectivity index (χ4v) is 2.48. The highest BCUT2D eigenvalue weighted by Crippen LogP contribution is 2.37. The van der Waals surface area contributed by atoms with E-state index in [0.29, 0.717) is 16.4 Å². The first-order chi connectivity index (χ1) is 9.49. The van der Waals surface area contributed by atoms with Gasteiger partial charge in [-0.1, -0.05) is 11.6 Å². The zero-order valence-corrected chi connectivity index (χ0v) is 11.1. The van der Waals surface area contributed by atoms with E-state index in [-0.39, 0.29) is 17.8 Å². The first-order valence-electron chi connectivity index (χ1n) is 5.78. The fraction of sp³-hybridized carbons (Fsp3) is 0.167. The van der Waals surface area contributed by atoms with Crippen LogP contribution >= 0.6 is 11.6 Å². The lowest BCUT2D eigenvalue weighted by Gasteiger charge is -2.11. The van der Waals surface area contributed by atoms with Crippen molar-refractivity contribution in [1.29, 1.82) is 0 Å². The van der Waals surface area contributed by atoms with Crippen molar-refractivity contribution in [3.05, 3.63) is 50.2 Å². The Hall–Kier alpha value is -2.41. The van der Waals surface area contributed by atoms with Crippen molar-refractivity contribution in [2.45, 2.75) is 13.5 Å². The summed E-state index contributed by atoms with van der Waals surface area (Å²) in [4.78, 5) is 24.3. The number of nitro groups is 1. The maximum absolute atomic E-state index is 12.4. The number of nitrogens with zero attached hydrogens (tertiary/aromatic N) is 3. The van der Waals surface area contributed by atoms with Gasteiger partial charge >= 0.3 is 0 Å². The van der Waals surface area contributed by atoms with Crippen LogP contribution in [0.25, 0.3) is 0 Å². The summed E-state index contributed by atoms with van der Waals surface area (Å²) in [5, 5.41) is 18.1. The van der Waals surface area contributed by atoms with Gasteiger partial charge in [0.15, 0.2) is 0 Å². The van der Waals surface area contributed by atoms with E-state index in [1.54, 1.807) is 13.0 Å². The molecule has 2 aromatic rings. The van der Waals surface area contributed by atoms with Crippen molar-refractivity contribution in [2.24, 2.45) is 0 Å². The molecule has 1 N–H and O–H groups in total. The zero-order valence-electron chi connectivity index (χ0n) is 10.4. The molecule has 0 saturated carbocycles. The van der Waals surface area contributed by atoms with E-state index in [4.69, 9.17) is 11.6 Å². The Bertz CT molecular complexity index is 740. The molecular formula is C12H9ClN4O3. The number of hydrogen-bond donors (Lipinski definition) is 1. The minimum Gasteiger partial charge on any atom is -0.288 e. The zero-order chi connectivity index (χ0) is 14.4. The van der Waals surface area contributed by atoms with Crippen LogP contribution in [0.3, 0.4) is 0 Å². The van der Waals surface area contributed by atoms with Gasteiger partial charge in [-0.2, -0.15) is 5.10 Å². The third-order valence-electron chi connectivity index (χ3n) is 3.19. The van der Waals surface area contributed by atoms with Crippen LogP contribution in [0.4, 0.5) is 11.5 Å². The Morgan fingerprint density at radius 1 is 1.50 bits per heavy atom. The summed E-state index contributed by atoms with van der Waals surface area (Å²) >= 11 is 6.04. The highest BCUT2D eigenvalue weighted by molar-refractivity contribution is 6.33. The highest BCUT2D eigenvalue weighted by atomic mass is 35.5. The molecule has 7 nitrogen and oxygen atoms in total. The van der Waals surface area contributed by atoms with Gasteiger partial charge in [0.25, 0.3) is 11.6 Å². The molecular weight excluding hydrogens is 284 g/mol. The normalized spacial score (nSPS) is 13.7. The van der Waals surface area contributed by atoms with Crippen molar-refractivity contribution < 1.29 is 9.72 Å². The van der Waals surface area contributed by atoms with E-state index in [0.717, 1.165) is 5.69 Å². The third-order valence-corrected chi connectivity index (χ3v) is 3.54. The van der Waals surface area contributed by atoms with Gasteiger partial charge < -0.3 is 0 Å². The van der Waals surface area contributed by atoms with E-state index >= 15 is 0 Å². The highest BCUT2D eigenvalue weighted by Gasteiger charge is 2.37. The minimum atomic E-state index is -0.575. The number of nitrogens with one attached hydrogen (secondary N) is 1. The Kier molecular flexibility index (Phi) is 2.72. The first-order valence-corrected chi connectivity index (χ1v) is 6.16. The second-order valence-electron chi connectivity index (χ2n) is 4.46. The van der Waals surface area contributed by atoms with Gasteiger partial charge in [-0.15, -0.1) is 0 Å². The van der Waals surface area contributed by atoms with E-state index in [2.05, 4.69) is 10.2 Å². The van der Waals surface area contributed by atoms with Gasteiger partial charge in [-0.3, -0.25) is 24.9 Å². The molecule has 1 aliphatic heterocycles. The van der Waals surface area contributed by atoms with Gasteiger partial charge in [-0.25, -0.2) is 0 Å². The molecule has 1 aromatic carbocycles. The number of hydrogen-bond acceptors (Lipinski definition) is 4. The number of anilines is 1. The largest absolute Gasteiger partial charge is 0.288 e. The molecule has 1 aliphatic rings. The number of H-pyrrole nitrogens is 1. The number of aromatic nitrogens is 2. The van der Waals surface area contributed by atoms with Crippen molar-refractivity contribution in [3.8, 4) is 0 Å². The summed E-state index contributed by atoms with van der Waals surface area (Å²) in [5.41, 5.74) is 1.02. The summed E-state index contributed by atoms with van der Waals surface area (Å²) in [6.07, 6.45) is 0. The predicted octanol–water partition coefficient (Wildman–Crippen LogP) is 2.44. The molecule has 102 valence electrons. The number of carbonyl (C=O) groups is 1. The topological polar surface area (TPSA) is 92.1 Å². The maximum Gasteiger partial charge on any atom is 0.282 e. The first kappa shape index (κ1) is 12.6. The van der Waals surface area contributed by atoms with Crippen LogP contribution in [0.5, 0.6) is 0 Å². The number of aromatic amines is 1. The van der Waals surface area contributed by atoms with Crippen molar-refractivity contribution >= 4 is 29.0 Å². The molecule has 0 radical (unpaired) electrons. The molecule has 0 fully saturated rings. The second kappa shape index (κ2) is 4.31. The number of rotatable bonds is 2. The lowest BCUT2D eigenvalue weighted by atomic mass is 10.1. The summed E-state index contributed by atoms with van der Waals surface area (Å²) in [5.74, 6) is 0.0481. The van der Waals surface area contributed by atoms with Crippen LogP contribution in [0.2, 0.25) is 5.02 Å². The second-order valence-corrected chi connectivity index (χ2v) is 4.87. The molecule has 0 saturated heterocycles. The van der Waals surface area contributed by atoms with E-state index in [1.165, 1.54) is 17.0 Å². The fourth-order valence-electron chi connectivity index (χ4n) is 2.26. The Morgan fingerprint density at radius 2 is 2.25 bits per heavy atom. The number of amides is 1. The Morgan fingerprint density at radius 3 is 2.85 bits per heavy atom. The van der Waals surface area contributed by atoms with Crippen molar-refractivity contribution in [3.63, 3.8) is 0 Å². The SMILES string of the molecule is Cc1cc(N2Cc3c(Cl)ccc([N+](=O)[O-])c3C2=O)[nH]n1. The molecule has 1 amide bonds. The summed E-state index contributed by atoms with van der Waals surface area (Å²) < 4.78 is 0. The van der Waals surface area contributed by atoms with Crippen LogP contribution in [0.15, 0.2) is 18.2 Å². The monoisotopic (exact) mass is 292 g/mol. The van der Waals surface area contributed by atoms with Crippen LogP contribution in [-0.4, -0.2) is 21.0 Å². The maximum atomic E-state index is 12.4. The van der Waals surface area contributed by atoms with Gasteiger partial charge in [0, 0.05) is 22.7 Å². The molecule has 0 unspecified atom stereocenters.